The highest BCUT2D eigenvalue weighted by Crippen LogP contribution is 2.40. The molecule has 2 aliphatic rings. The summed E-state index contributed by atoms with van der Waals surface area (Å²) in [6.45, 7) is 4.26. The second kappa shape index (κ2) is 8.88. The van der Waals surface area contributed by atoms with Gasteiger partial charge in [0.2, 0.25) is 5.82 Å². The summed E-state index contributed by atoms with van der Waals surface area (Å²) in [4.78, 5) is 0. The largest absolute Gasteiger partial charge is 0.493 e. The summed E-state index contributed by atoms with van der Waals surface area (Å²) in [6.07, 6.45) is 11.0. The van der Waals surface area contributed by atoms with E-state index in [0.29, 0.717) is 12.0 Å². The predicted molar refractivity (Wildman–Crippen MR) is 99.3 cm³/mol. The lowest BCUT2D eigenvalue weighted by Gasteiger charge is -2.29. The lowest BCUT2D eigenvalue weighted by Crippen LogP contribution is -2.24. The molecule has 0 saturated heterocycles. The van der Waals surface area contributed by atoms with E-state index < -0.39 is 17.7 Å². The van der Waals surface area contributed by atoms with Gasteiger partial charge in [-0.15, -0.1) is 0 Å². The molecular weight excluding hydrogens is 334 g/mol. The number of benzene rings is 1. The standard InChI is InChI=1S/C22H30F2O2/c1-3-5-6-8-15-9-12-19(25-14-15)18-13-16-10-11-17(7-4-2)26-22(16)21(24)20(18)23/h13-14,17,19H,3-12H2,1-2H3. The van der Waals surface area contributed by atoms with E-state index in [-0.39, 0.29) is 11.9 Å². The molecular formula is C22H30F2O2. The zero-order valence-electron chi connectivity index (χ0n) is 16.0. The summed E-state index contributed by atoms with van der Waals surface area (Å²) < 4.78 is 40.8. The fourth-order valence-electron chi connectivity index (χ4n) is 3.94. The van der Waals surface area contributed by atoms with E-state index in [1.165, 1.54) is 18.4 Å². The van der Waals surface area contributed by atoms with Gasteiger partial charge in [-0.25, -0.2) is 4.39 Å². The Bertz CT molecular complexity index is 654. The maximum absolute atomic E-state index is 14.7. The maximum Gasteiger partial charge on any atom is 0.201 e. The number of unbranched alkanes of at least 4 members (excludes halogenated alkanes) is 2. The highest BCUT2D eigenvalue weighted by atomic mass is 19.2. The number of hydrogen-bond donors (Lipinski definition) is 0. The molecule has 2 atom stereocenters. The van der Waals surface area contributed by atoms with Crippen LogP contribution in [0.25, 0.3) is 0 Å². The second-order valence-corrected chi connectivity index (χ2v) is 7.55. The van der Waals surface area contributed by atoms with Gasteiger partial charge in [0.25, 0.3) is 0 Å². The Morgan fingerprint density at radius 3 is 2.58 bits per heavy atom. The molecule has 0 bridgehead atoms. The average Bonchev–Trinajstić information content (AvgIpc) is 2.66. The van der Waals surface area contributed by atoms with E-state index in [4.69, 9.17) is 9.47 Å². The third kappa shape index (κ3) is 4.21. The molecule has 26 heavy (non-hydrogen) atoms. The van der Waals surface area contributed by atoms with Crippen LogP contribution in [0, 0.1) is 11.6 Å². The Labute approximate surface area is 155 Å². The molecule has 144 valence electrons. The van der Waals surface area contributed by atoms with Gasteiger partial charge in [-0.1, -0.05) is 33.1 Å². The number of halogens is 2. The number of ether oxygens (including phenoxy) is 2. The summed E-state index contributed by atoms with van der Waals surface area (Å²) in [6, 6.07) is 1.76. The predicted octanol–water partition coefficient (Wildman–Crippen LogP) is 6.77. The zero-order valence-corrected chi connectivity index (χ0v) is 16.0. The lowest BCUT2D eigenvalue weighted by atomic mass is 9.92. The Hall–Kier alpha value is -1.58. The van der Waals surface area contributed by atoms with Gasteiger partial charge in [0.05, 0.1) is 12.4 Å². The molecule has 3 rings (SSSR count). The molecule has 2 unspecified atom stereocenters. The SMILES string of the molecule is CCCCCC1=COC(c2cc3c(c(F)c2F)OC(CCC)CC3)CC1. The van der Waals surface area contributed by atoms with E-state index >= 15 is 0 Å². The van der Waals surface area contributed by atoms with Gasteiger partial charge >= 0.3 is 0 Å². The van der Waals surface area contributed by atoms with Crippen molar-refractivity contribution in [3.63, 3.8) is 0 Å². The first-order valence-electron chi connectivity index (χ1n) is 10.1. The Morgan fingerprint density at radius 1 is 1.04 bits per heavy atom. The Morgan fingerprint density at radius 2 is 1.88 bits per heavy atom. The van der Waals surface area contributed by atoms with Crippen molar-refractivity contribution in [2.75, 3.05) is 0 Å². The first-order chi connectivity index (χ1) is 12.6. The van der Waals surface area contributed by atoms with Gasteiger partial charge in [-0.2, -0.15) is 4.39 Å². The number of hydrogen-bond acceptors (Lipinski definition) is 2. The molecule has 0 aliphatic carbocycles. The quantitative estimate of drug-likeness (QED) is 0.497. The van der Waals surface area contributed by atoms with Crippen LogP contribution in [0.3, 0.4) is 0 Å². The smallest absolute Gasteiger partial charge is 0.201 e. The van der Waals surface area contributed by atoms with Crippen LogP contribution in [-0.2, 0) is 11.2 Å². The molecule has 0 fully saturated rings. The van der Waals surface area contributed by atoms with Gasteiger partial charge in [0, 0.05) is 5.56 Å². The summed E-state index contributed by atoms with van der Waals surface area (Å²) >= 11 is 0. The fraction of sp³-hybridized carbons (Fsp3) is 0.636. The number of rotatable bonds is 7. The molecule has 2 aliphatic heterocycles. The van der Waals surface area contributed by atoms with Crippen molar-refractivity contribution in [3.05, 3.63) is 40.7 Å². The minimum absolute atomic E-state index is 0.00760. The van der Waals surface area contributed by atoms with E-state index in [1.54, 1.807) is 12.3 Å². The van der Waals surface area contributed by atoms with Gasteiger partial charge in [-0.3, -0.25) is 0 Å². The normalized spacial score (nSPS) is 22.2. The van der Waals surface area contributed by atoms with Gasteiger partial charge in [0.1, 0.15) is 6.10 Å². The molecule has 4 heteroatoms. The van der Waals surface area contributed by atoms with E-state index in [1.807, 2.05) is 0 Å². The van der Waals surface area contributed by atoms with Crippen LogP contribution in [0.1, 0.15) is 88.9 Å². The van der Waals surface area contributed by atoms with Crippen LogP contribution in [0.5, 0.6) is 5.75 Å². The molecule has 0 N–H and O–H groups in total. The van der Waals surface area contributed by atoms with Gasteiger partial charge in [0.15, 0.2) is 11.6 Å². The second-order valence-electron chi connectivity index (χ2n) is 7.55. The highest BCUT2D eigenvalue weighted by Gasteiger charge is 2.30. The van der Waals surface area contributed by atoms with Crippen LogP contribution in [0.4, 0.5) is 8.78 Å². The average molecular weight is 364 g/mol. The summed E-state index contributed by atoms with van der Waals surface area (Å²) in [5.74, 6) is -1.55. The van der Waals surface area contributed by atoms with Crippen LogP contribution in [0.2, 0.25) is 0 Å². The highest BCUT2D eigenvalue weighted by molar-refractivity contribution is 5.42. The third-order valence-corrected chi connectivity index (χ3v) is 5.47. The molecule has 0 aromatic heterocycles. The van der Waals surface area contributed by atoms with Crippen LogP contribution in [0.15, 0.2) is 17.9 Å². The molecule has 2 heterocycles. The molecule has 0 saturated carbocycles. The van der Waals surface area contributed by atoms with E-state index in [9.17, 15) is 8.78 Å². The van der Waals surface area contributed by atoms with Crippen LogP contribution < -0.4 is 4.74 Å². The molecule has 1 aromatic rings. The van der Waals surface area contributed by atoms with E-state index in [0.717, 1.165) is 50.5 Å². The van der Waals surface area contributed by atoms with Crippen molar-refractivity contribution < 1.29 is 18.3 Å². The van der Waals surface area contributed by atoms with Crippen molar-refractivity contribution in [2.24, 2.45) is 0 Å². The zero-order chi connectivity index (χ0) is 18.5. The van der Waals surface area contributed by atoms with Gasteiger partial charge < -0.3 is 9.47 Å². The third-order valence-electron chi connectivity index (χ3n) is 5.47. The lowest BCUT2D eigenvalue weighted by molar-refractivity contribution is 0.113. The summed E-state index contributed by atoms with van der Waals surface area (Å²) in [5.41, 5.74) is 2.38. The monoisotopic (exact) mass is 364 g/mol. The fourth-order valence-corrected chi connectivity index (χ4v) is 3.94. The molecule has 2 nitrogen and oxygen atoms in total. The van der Waals surface area contributed by atoms with Gasteiger partial charge in [-0.05, 0) is 62.1 Å². The molecule has 0 spiro atoms. The van der Waals surface area contributed by atoms with Crippen molar-refractivity contribution in [1.29, 1.82) is 0 Å². The van der Waals surface area contributed by atoms with Crippen molar-refractivity contribution >= 4 is 0 Å². The van der Waals surface area contributed by atoms with E-state index in [2.05, 4.69) is 13.8 Å². The van der Waals surface area contributed by atoms with Crippen LogP contribution in [-0.4, -0.2) is 6.10 Å². The minimum atomic E-state index is -0.848. The number of allylic oxidation sites excluding steroid dienone is 1. The van der Waals surface area contributed by atoms with Crippen LogP contribution >= 0.6 is 0 Å². The molecule has 0 radical (unpaired) electrons. The maximum atomic E-state index is 14.7. The first-order valence-corrected chi connectivity index (χ1v) is 10.1. The number of aryl methyl sites for hydroxylation is 1. The molecule has 1 aromatic carbocycles. The topological polar surface area (TPSA) is 18.5 Å². The van der Waals surface area contributed by atoms with Crippen molar-refractivity contribution in [1.82, 2.24) is 0 Å². The minimum Gasteiger partial charge on any atom is -0.493 e. The first kappa shape index (κ1) is 19.2. The molecule has 0 amide bonds. The van der Waals surface area contributed by atoms with Crippen molar-refractivity contribution in [3.8, 4) is 5.75 Å². The number of fused-ring (bicyclic) bond motifs is 1. The van der Waals surface area contributed by atoms with Crippen molar-refractivity contribution in [2.45, 2.75) is 90.3 Å². The Balaban J connectivity index is 1.73. The summed E-state index contributed by atoms with van der Waals surface area (Å²) in [7, 11) is 0. The Kier molecular flexibility index (Phi) is 6.55. The summed E-state index contributed by atoms with van der Waals surface area (Å²) in [5, 5.41) is 0.